The Morgan fingerprint density at radius 2 is 2.12 bits per heavy atom. The number of anilines is 1. The van der Waals surface area contributed by atoms with Gasteiger partial charge in [0.2, 0.25) is 0 Å². The molecule has 17 heavy (non-hydrogen) atoms. The third-order valence-corrected chi connectivity index (χ3v) is 2.32. The molecular weight excluding hydrogens is 216 g/mol. The summed E-state index contributed by atoms with van der Waals surface area (Å²) < 4.78 is 5.32. The van der Waals surface area contributed by atoms with Gasteiger partial charge in [-0.05, 0) is 24.5 Å². The third-order valence-electron chi connectivity index (χ3n) is 2.32. The van der Waals surface area contributed by atoms with E-state index in [9.17, 15) is 4.79 Å². The zero-order valence-corrected chi connectivity index (χ0v) is 10.4. The number of rotatable bonds is 6. The van der Waals surface area contributed by atoms with Crippen LogP contribution >= 0.6 is 0 Å². The second-order valence-electron chi connectivity index (χ2n) is 4.36. The van der Waals surface area contributed by atoms with E-state index in [2.05, 4.69) is 19.2 Å². The number of nitrogens with two attached hydrogens (primary N) is 1. The highest BCUT2D eigenvalue weighted by atomic mass is 16.5. The van der Waals surface area contributed by atoms with Crippen LogP contribution in [-0.4, -0.2) is 19.1 Å². The largest absolute Gasteiger partial charge is 0.482 e. The van der Waals surface area contributed by atoms with Crippen molar-refractivity contribution in [3.8, 4) is 5.75 Å². The fourth-order valence-electron chi connectivity index (χ4n) is 1.31. The molecule has 3 N–H and O–H groups in total. The van der Waals surface area contributed by atoms with Crippen LogP contribution in [0.25, 0.3) is 0 Å². The van der Waals surface area contributed by atoms with Gasteiger partial charge >= 0.3 is 0 Å². The molecule has 4 heteroatoms. The predicted molar refractivity (Wildman–Crippen MR) is 68.8 cm³/mol. The molecule has 0 aromatic heterocycles. The van der Waals surface area contributed by atoms with E-state index in [1.807, 2.05) is 12.1 Å². The summed E-state index contributed by atoms with van der Waals surface area (Å²) in [5.41, 5.74) is 6.23. The van der Waals surface area contributed by atoms with Gasteiger partial charge in [0, 0.05) is 6.54 Å². The molecule has 0 aliphatic carbocycles. The van der Waals surface area contributed by atoms with Crippen molar-refractivity contribution in [1.82, 2.24) is 5.32 Å². The van der Waals surface area contributed by atoms with Crippen molar-refractivity contribution in [1.29, 1.82) is 0 Å². The van der Waals surface area contributed by atoms with Crippen LogP contribution in [0.2, 0.25) is 0 Å². The number of carbonyl (C=O) groups is 1. The number of benzene rings is 1. The standard InChI is InChI=1S/C13H20N2O2/c1-10(2)7-8-15-13(16)9-17-12-6-4-3-5-11(12)14/h3-6,10H,7-9,14H2,1-2H3,(H,15,16). The van der Waals surface area contributed by atoms with Gasteiger partial charge < -0.3 is 15.8 Å². The molecule has 0 spiro atoms. The smallest absolute Gasteiger partial charge is 0.257 e. The second-order valence-corrected chi connectivity index (χ2v) is 4.36. The molecule has 0 aliphatic heterocycles. The van der Waals surface area contributed by atoms with Crippen molar-refractivity contribution in [2.45, 2.75) is 20.3 Å². The van der Waals surface area contributed by atoms with Gasteiger partial charge in [-0.15, -0.1) is 0 Å². The van der Waals surface area contributed by atoms with Crippen molar-refractivity contribution in [3.05, 3.63) is 24.3 Å². The molecule has 0 aliphatic rings. The fraction of sp³-hybridized carbons (Fsp3) is 0.462. The summed E-state index contributed by atoms with van der Waals surface area (Å²) >= 11 is 0. The first-order chi connectivity index (χ1) is 8.09. The Balaban J connectivity index is 2.26. The average molecular weight is 236 g/mol. The maximum absolute atomic E-state index is 11.4. The number of para-hydroxylation sites is 2. The summed E-state index contributed by atoms with van der Waals surface area (Å²) in [5.74, 6) is 1.02. The first-order valence-electron chi connectivity index (χ1n) is 5.83. The van der Waals surface area contributed by atoms with E-state index in [4.69, 9.17) is 10.5 Å². The molecule has 0 heterocycles. The number of ether oxygens (including phenoxy) is 1. The molecule has 0 saturated heterocycles. The molecule has 0 unspecified atom stereocenters. The molecule has 1 aromatic carbocycles. The van der Waals surface area contributed by atoms with E-state index >= 15 is 0 Å². The van der Waals surface area contributed by atoms with Crippen LogP contribution < -0.4 is 15.8 Å². The number of carbonyl (C=O) groups excluding carboxylic acids is 1. The number of nitrogen functional groups attached to an aromatic ring is 1. The summed E-state index contributed by atoms with van der Waals surface area (Å²) in [7, 11) is 0. The quantitative estimate of drug-likeness (QED) is 0.740. The van der Waals surface area contributed by atoms with Crippen LogP contribution in [0.3, 0.4) is 0 Å². The lowest BCUT2D eigenvalue weighted by atomic mass is 10.1. The zero-order chi connectivity index (χ0) is 12.7. The van der Waals surface area contributed by atoms with Crippen molar-refractivity contribution in [2.24, 2.45) is 5.92 Å². The highest BCUT2D eigenvalue weighted by Gasteiger charge is 2.04. The Labute approximate surface area is 102 Å². The summed E-state index contributed by atoms with van der Waals surface area (Å²) in [6.45, 7) is 4.93. The zero-order valence-electron chi connectivity index (χ0n) is 10.4. The van der Waals surface area contributed by atoms with Crippen LogP contribution in [0.1, 0.15) is 20.3 Å². The number of nitrogens with one attached hydrogen (secondary N) is 1. The van der Waals surface area contributed by atoms with Gasteiger partial charge in [0.1, 0.15) is 5.75 Å². The third kappa shape index (κ3) is 5.24. The van der Waals surface area contributed by atoms with Crippen molar-refractivity contribution in [3.63, 3.8) is 0 Å². The maximum atomic E-state index is 11.4. The minimum absolute atomic E-state index is 0.00626. The number of hydrogen-bond donors (Lipinski definition) is 2. The Kier molecular flexibility index (Phi) is 5.33. The molecule has 4 nitrogen and oxygen atoms in total. The van der Waals surface area contributed by atoms with E-state index in [0.29, 0.717) is 23.9 Å². The van der Waals surface area contributed by atoms with Crippen molar-refractivity contribution >= 4 is 11.6 Å². The monoisotopic (exact) mass is 236 g/mol. The highest BCUT2D eigenvalue weighted by Crippen LogP contribution is 2.19. The van der Waals surface area contributed by atoms with Crippen molar-refractivity contribution in [2.75, 3.05) is 18.9 Å². The van der Waals surface area contributed by atoms with Gasteiger partial charge in [-0.2, -0.15) is 0 Å². The minimum Gasteiger partial charge on any atom is -0.482 e. The van der Waals surface area contributed by atoms with Gasteiger partial charge in [0.05, 0.1) is 5.69 Å². The van der Waals surface area contributed by atoms with E-state index in [-0.39, 0.29) is 12.5 Å². The molecule has 0 radical (unpaired) electrons. The molecule has 1 rings (SSSR count). The maximum Gasteiger partial charge on any atom is 0.257 e. The second kappa shape index (κ2) is 6.78. The first kappa shape index (κ1) is 13.4. The highest BCUT2D eigenvalue weighted by molar-refractivity contribution is 5.77. The number of amides is 1. The normalized spacial score (nSPS) is 10.3. The van der Waals surface area contributed by atoms with Gasteiger partial charge in [-0.3, -0.25) is 4.79 Å². The molecular formula is C13H20N2O2. The van der Waals surface area contributed by atoms with E-state index in [1.54, 1.807) is 12.1 Å². The minimum atomic E-state index is -0.117. The lowest BCUT2D eigenvalue weighted by molar-refractivity contribution is -0.123. The molecule has 0 saturated carbocycles. The molecule has 0 bridgehead atoms. The van der Waals surface area contributed by atoms with E-state index in [1.165, 1.54) is 0 Å². The topological polar surface area (TPSA) is 64.3 Å². The Morgan fingerprint density at radius 3 is 2.76 bits per heavy atom. The van der Waals surface area contributed by atoms with Crippen LogP contribution in [0.15, 0.2) is 24.3 Å². The molecule has 1 amide bonds. The lowest BCUT2D eigenvalue weighted by Crippen LogP contribution is -2.30. The van der Waals surface area contributed by atoms with Crippen molar-refractivity contribution < 1.29 is 9.53 Å². The lowest BCUT2D eigenvalue weighted by Gasteiger charge is -2.09. The van der Waals surface area contributed by atoms with Crippen LogP contribution in [0.5, 0.6) is 5.75 Å². The molecule has 0 fully saturated rings. The summed E-state index contributed by atoms with van der Waals surface area (Å²) in [6.07, 6.45) is 0.971. The molecule has 1 aromatic rings. The Morgan fingerprint density at radius 1 is 1.41 bits per heavy atom. The van der Waals surface area contributed by atoms with Gasteiger partial charge in [0.15, 0.2) is 6.61 Å². The van der Waals surface area contributed by atoms with Gasteiger partial charge in [-0.25, -0.2) is 0 Å². The van der Waals surface area contributed by atoms with Gasteiger partial charge in [-0.1, -0.05) is 26.0 Å². The fourth-order valence-corrected chi connectivity index (χ4v) is 1.31. The SMILES string of the molecule is CC(C)CCNC(=O)COc1ccccc1N. The molecule has 0 atom stereocenters. The first-order valence-corrected chi connectivity index (χ1v) is 5.83. The summed E-state index contributed by atoms with van der Waals surface area (Å²) in [6, 6.07) is 7.13. The summed E-state index contributed by atoms with van der Waals surface area (Å²) in [4.78, 5) is 11.4. The van der Waals surface area contributed by atoms with E-state index in [0.717, 1.165) is 6.42 Å². The predicted octanol–water partition coefficient (Wildman–Crippen LogP) is 1.81. The number of hydrogen-bond acceptors (Lipinski definition) is 3. The van der Waals surface area contributed by atoms with Crippen LogP contribution in [-0.2, 0) is 4.79 Å². The van der Waals surface area contributed by atoms with Crippen LogP contribution in [0.4, 0.5) is 5.69 Å². The summed E-state index contributed by atoms with van der Waals surface area (Å²) in [5, 5.41) is 2.80. The average Bonchev–Trinajstić information content (AvgIpc) is 2.27. The van der Waals surface area contributed by atoms with E-state index < -0.39 is 0 Å². The molecule has 94 valence electrons. The van der Waals surface area contributed by atoms with Crippen LogP contribution in [0, 0.1) is 5.92 Å². The Bertz CT molecular complexity index is 364. The van der Waals surface area contributed by atoms with Gasteiger partial charge in [0.25, 0.3) is 5.91 Å². The Hall–Kier alpha value is -1.71.